The first kappa shape index (κ1) is 13.4. The number of hydrogen-bond donors (Lipinski definition) is 2. The van der Waals surface area contributed by atoms with Gasteiger partial charge in [0.15, 0.2) is 0 Å². The van der Waals surface area contributed by atoms with Crippen LogP contribution in [0.1, 0.15) is 13.8 Å². The van der Waals surface area contributed by atoms with E-state index in [-0.39, 0.29) is 6.10 Å². The van der Waals surface area contributed by atoms with Gasteiger partial charge in [0.1, 0.15) is 0 Å². The summed E-state index contributed by atoms with van der Waals surface area (Å²) in [6.07, 6.45) is -0.0236. The molecule has 0 rings (SSSR count). The fourth-order valence-corrected chi connectivity index (χ4v) is 1.79. The van der Waals surface area contributed by atoms with E-state index in [1.54, 1.807) is 0 Å². The molecule has 0 heterocycles. The average Bonchev–Trinajstić information content (AvgIpc) is 2.02. The molecule has 0 aromatic rings. The molecule has 0 saturated heterocycles. The summed E-state index contributed by atoms with van der Waals surface area (Å²) in [5.41, 5.74) is 5.26. The van der Waals surface area contributed by atoms with Crippen LogP contribution in [-0.2, 0) is 28.6 Å². The van der Waals surface area contributed by atoms with Crippen molar-refractivity contribution in [3.8, 4) is 0 Å². The summed E-state index contributed by atoms with van der Waals surface area (Å²) in [6, 6.07) is 0. The Bertz CT molecular complexity index is 144. The summed E-state index contributed by atoms with van der Waals surface area (Å²) >= 11 is -2.88. The fourth-order valence-electron chi connectivity index (χ4n) is 0.660. The van der Waals surface area contributed by atoms with Crippen molar-refractivity contribution in [3.05, 3.63) is 0 Å². The van der Waals surface area contributed by atoms with Gasteiger partial charge in [-0.25, -0.2) is 0 Å². The van der Waals surface area contributed by atoms with Crippen molar-refractivity contribution in [2.24, 2.45) is 5.73 Å². The van der Waals surface area contributed by atoms with Gasteiger partial charge in [-0.15, -0.1) is 0 Å². The topological polar surface area (TPSA) is 73.6 Å². The van der Waals surface area contributed by atoms with Crippen LogP contribution in [-0.4, -0.2) is 32.3 Å². The molecule has 0 aliphatic heterocycles. The van der Waals surface area contributed by atoms with Crippen LogP contribution in [0, 0.1) is 0 Å². The second-order valence-corrected chi connectivity index (χ2v) is 4.40. The summed E-state index contributed by atoms with van der Waals surface area (Å²) in [4.78, 5) is 0. The number of hydrogen-bond acceptors (Lipinski definition) is 5. The third-order valence-electron chi connectivity index (χ3n) is 1.15. The van der Waals surface area contributed by atoms with Crippen molar-refractivity contribution >= 4 is 0 Å². The molecule has 78 valence electrons. The Labute approximate surface area is 86.1 Å². The molecule has 0 aromatic carbocycles. The van der Waals surface area contributed by atoms with Crippen LogP contribution in [0.5, 0.6) is 0 Å². The van der Waals surface area contributed by atoms with Crippen LogP contribution in [0.2, 0.25) is 0 Å². The molecule has 0 spiro atoms. The van der Waals surface area contributed by atoms with Gasteiger partial charge in [-0.2, -0.15) is 0 Å². The van der Waals surface area contributed by atoms with Gasteiger partial charge in [-0.1, -0.05) is 0 Å². The van der Waals surface area contributed by atoms with Crippen molar-refractivity contribution in [1.82, 2.24) is 5.32 Å². The summed E-state index contributed by atoms with van der Waals surface area (Å²) < 4.78 is 21.0. The van der Waals surface area contributed by atoms with Gasteiger partial charge in [0.25, 0.3) is 0 Å². The van der Waals surface area contributed by atoms with Crippen LogP contribution >= 0.6 is 0 Å². The Morgan fingerprint density at radius 3 is 2.69 bits per heavy atom. The van der Waals surface area contributed by atoms with E-state index >= 15 is 0 Å². The zero-order valence-corrected chi connectivity index (χ0v) is 9.77. The normalized spacial score (nSPS) is 10.8. The van der Waals surface area contributed by atoms with E-state index in [1.807, 2.05) is 13.8 Å². The fraction of sp³-hybridized carbons (Fsp3) is 1.00. The number of rotatable bonds is 8. The van der Waals surface area contributed by atoms with E-state index in [2.05, 4.69) is 5.32 Å². The first-order chi connectivity index (χ1) is 6.16. The van der Waals surface area contributed by atoms with Gasteiger partial charge < -0.3 is 0 Å². The molecule has 0 unspecified atom stereocenters. The van der Waals surface area contributed by atoms with Crippen molar-refractivity contribution < 1.29 is 28.6 Å². The maximum absolute atomic E-state index is 11.0. The van der Waals surface area contributed by atoms with E-state index in [4.69, 9.17) is 12.4 Å². The Kier molecular flexibility index (Phi) is 9.17. The summed E-state index contributed by atoms with van der Waals surface area (Å²) in [5, 5.41) is 3.03. The monoisotopic (exact) mass is 226 g/mol. The van der Waals surface area contributed by atoms with Gasteiger partial charge in [0.05, 0.1) is 0 Å². The van der Waals surface area contributed by atoms with Crippen LogP contribution < -0.4 is 11.1 Å². The number of nitrogens with one attached hydrogen (secondary N) is 1. The van der Waals surface area contributed by atoms with E-state index in [0.29, 0.717) is 19.7 Å². The van der Waals surface area contributed by atoms with Gasteiger partial charge in [0, 0.05) is 0 Å². The molecule has 0 aliphatic rings. The predicted molar refractivity (Wildman–Crippen MR) is 44.8 cm³/mol. The van der Waals surface area contributed by atoms with E-state index in [1.165, 1.54) is 0 Å². The second kappa shape index (κ2) is 8.93. The van der Waals surface area contributed by atoms with Crippen LogP contribution in [0.15, 0.2) is 0 Å². The molecule has 0 aliphatic carbocycles. The Hall–Kier alpha value is 0.354. The average molecular weight is 226 g/mol. The molecular weight excluding hydrogens is 208 g/mol. The third kappa shape index (κ3) is 10.3. The van der Waals surface area contributed by atoms with Crippen molar-refractivity contribution in [2.75, 3.05) is 26.2 Å². The van der Waals surface area contributed by atoms with Crippen molar-refractivity contribution in [3.63, 3.8) is 0 Å². The van der Waals surface area contributed by atoms with Crippen molar-refractivity contribution in [2.45, 2.75) is 20.0 Å². The van der Waals surface area contributed by atoms with E-state index in [9.17, 15) is 3.32 Å². The van der Waals surface area contributed by atoms with E-state index in [0.717, 1.165) is 6.54 Å². The van der Waals surface area contributed by atoms with Crippen LogP contribution in [0.4, 0.5) is 0 Å². The van der Waals surface area contributed by atoms with Gasteiger partial charge in [-0.05, 0) is 0 Å². The number of nitrogens with two attached hydrogens (primary N) is 1. The standard InChI is InChI=1S/C4H11N2O.C3H7O.O.Ti/c5-1-2-6-3-4-7;1-3(2)4;;/h6H,1-5H2;3H,1-2H3;;/q2*-1;;+2. The molecule has 13 heavy (non-hydrogen) atoms. The molecule has 0 amide bonds. The Balaban J connectivity index is 3.17. The summed E-state index contributed by atoms with van der Waals surface area (Å²) in [6.45, 7) is 6.11. The molecular formula is C7H18N2O3Ti. The quantitative estimate of drug-likeness (QED) is 0.441. The Morgan fingerprint density at radius 2 is 2.15 bits per heavy atom. The molecule has 0 fully saturated rings. The van der Waals surface area contributed by atoms with E-state index < -0.39 is 18.6 Å². The van der Waals surface area contributed by atoms with Crippen LogP contribution in [0.3, 0.4) is 0 Å². The molecule has 3 N–H and O–H groups in total. The third-order valence-corrected chi connectivity index (χ3v) is 2.88. The minimum absolute atomic E-state index is 0.0236. The summed E-state index contributed by atoms with van der Waals surface area (Å²) in [5.74, 6) is 0. The summed E-state index contributed by atoms with van der Waals surface area (Å²) in [7, 11) is 0. The molecule has 0 atom stereocenters. The van der Waals surface area contributed by atoms with Crippen molar-refractivity contribution in [1.29, 1.82) is 0 Å². The van der Waals surface area contributed by atoms with Gasteiger partial charge in [-0.3, -0.25) is 0 Å². The SMILES string of the molecule is CC(C)[O][Ti](=[O])[O]CCNCCN. The zero-order valence-electron chi connectivity index (χ0n) is 8.21. The molecule has 0 radical (unpaired) electrons. The first-order valence-electron chi connectivity index (χ1n) is 4.41. The predicted octanol–water partition coefficient (Wildman–Crippen LogP) is -0.230. The molecule has 0 saturated carbocycles. The molecule has 0 aromatic heterocycles. The molecule has 5 nitrogen and oxygen atoms in total. The van der Waals surface area contributed by atoms with Crippen LogP contribution in [0.25, 0.3) is 0 Å². The second-order valence-electron chi connectivity index (χ2n) is 2.80. The first-order valence-corrected chi connectivity index (χ1v) is 6.32. The van der Waals surface area contributed by atoms with Gasteiger partial charge >= 0.3 is 85.8 Å². The minimum atomic E-state index is -2.88. The maximum atomic E-state index is 11.0. The zero-order chi connectivity index (χ0) is 10.1. The molecule has 0 bridgehead atoms. The van der Waals surface area contributed by atoms with Gasteiger partial charge in [0.2, 0.25) is 0 Å². The molecule has 6 heteroatoms. The Morgan fingerprint density at radius 1 is 1.46 bits per heavy atom.